The summed E-state index contributed by atoms with van der Waals surface area (Å²) in [6.45, 7) is 0.239. The molecular formula is C14H13BrO3S. The Morgan fingerprint density at radius 2 is 2.26 bits per heavy atom. The first-order valence-electron chi connectivity index (χ1n) is 6.03. The third-order valence-corrected chi connectivity index (χ3v) is 4.60. The predicted octanol–water partition coefficient (Wildman–Crippen LogP) is 3.91. The van der Waals surface area contributed by atoms with Crippen molar-refractivity contribution in [2.45, 2.75) is 18.9 Å². The normalized spacial score (nSPS) is 14.6. The lowest BCUT2D eigenvalue weighted by Crippen LogP contribution is -1.99. The molecule has 1 aliphatic heterocycles. The molecule has 0 aliphatic carbocycles. The molecule has 0 spiro atoms. The summed E-state index contributed by atoms with van der Waals surface area (Å²) in [5.41, 5.74) is 0.854. The summed E-state index contributed by atoms with van der Waals surface area (Å²) in [6, 6.07) is 7.87. The van der Waals surface area contributed by atoms with E-state index in [0.29, 0.717) is 17.9 Å². The second-order valence-electron chi connectivity index (χ2n) is 4.37. The van der Waals surface area contributed by atoms with Gasteiger partial charge < -0.3 is 14.6 Å². The van der Waals surface area contributed by atoms with Crippen molar-refractivity contribution in [2.75, 3.05) is 6.79 Å². The molecule has 3 rings (SSSR count). The number of thiophene rings is 1. The van der Waals surface area contributed by atoms with Gasteiger partial charge in [0.1, 0.15) is 0 Å². The fraction of sp³-hybridized carbons (Fsp3) is 0.286. The van der Waals surface area contributed by atoms with Gasteiger partial charge in [-0.25, -0.2) is 0 Å². The number of aryl methyl sites for hydroxylation is 1. The number of rotatable bonds is 4. The van der Waals surface area contributed by atoms with E-state index in [1.54, 1.807) is 11.3 Å². The molecule has 1 unspecified atom stereocenters. The lowest BCUT2D eigenvalue weighted by atomic mass is 10.0. The van der Waals surface area contributed by atoms with Gasteiger partial charge in [-0.15, -0.1) is 11.3 Å². The van der Waals surface area contributed by atoms with Crippen LogP contribution in [0.3, 0.4) is 0 Å². The van der Waals surface area contributed by atoms with Gasteiger partial charge >= 0.3 is 0 Å². The standard InChI is InChI=1S/C14H13BrO3S/c15-11-6-9(7-13-14(11)18-8-17-13)12(16)4-3-10-2-1-5-19-10/h1-2,5-7,12,16H,3-4,8H2. The van der Waals surface area contributed by atoms with Gasteiger partial charge in [0.15, 0.2) is 11.5 Å². The maximum absolute atomic E-state index is 10.3. The van der Waals surface area contributed by atoms with Crippen molar-refractivity contribution in [2.24, 2.45) is 0 Å². The first kappa shape index (κ1) is 13.0. The number of benzene rings is 1. The van der Waals surface area contributed by atoms with Gasteiger partial charge in [-0.3, -0.25) is 0 Å². The van der Waals surface area contributed by atoms with Crippen LogP contribution in [0.25, 0.3) is 0 Å². The highest BCUT2D eigenvalue weighted by Crippen LogP contribution is 2.41. The Hall–Kier alpha value is -1.04. The molecule has 0 amide bonds. The fourth-order valence-electron chi connectivity index (χ4n) is 2.08. The topological polar surface area (TPSA) is 38.7 Å². The zero-order valence-electron chi connectivity index (χ0n) is 10.1. The smallest absolute Gasteiger partial charge is 0.231 e. The van der Waals surface area contributed by atoms with Crippen molar-refractivity contribution in [1.29, 1.82) is 0 Å². The first-order chi connectivity index (χ1) is 9.24. The van der Waals surface area contributed by atoms with E-state index in [1.807, 2.05) is 18.2 Å². The number of aliphatic hydroxyl groups is 1. The molecule has 0 saturated carbocycles. The molecule has 1 atom stereocenters. The van der Waals surface area contributed by atoms with E-state index in [4.69, 9.17) is 9.47 Å². The second-order valence-corrected chi connectivity index (χ2v) is 6.26. The third-order valence-electron chi connectivity index (χ3n) is 3.08. The number of halogens is 1. The minimum absolute atomic E-state index is 0.239. The molecular weight excluding hydrogens is 328 g/mol. The van der Waals surface area contributed by atoms with E-state index in [-0.39, 0.29) is 6.79 Å². The summed E-state index contributed by atoms with van der Waals surface area (Å²) < 4.78 is 11.5. The summed E-state index contributed by atoms with van der Waals surface area (Å²) >= 11 is 5.16. The number of hydrogen-bond donors (Lipinski definition) is 1. The molecule has 0 bridgehead atoms. The van der Waals surface area contributed by atoms with Gasteiger partial charge in [0.05, 0.1) is 10.6 Å². The second kappa shape index (κ2) is 5.53. The van der Waals surface area contributed by atoms with E-state index in [2.05, 4.69) is 27.4 Å². The monoisotopic (exact) mass is 340 g/mol. The first-order valence-corrected chi connectivity index (χ1v) is 7.71. The van der Waals surface area contributed by atoms with Crippen molar-refractivity contribution >= 4 is 27.3 Å². The Morgan fingerprint density at radius 1 is 1.37 bits per heavy atom. The molecule has 1 aliphatic rings. The zero-order chi connectivity index (χ0) is 13.2. The van der Waals surface area contributed by atoms with Crippen LogP contribution in [-0.2, 0) is 6.42 Å². The SMILES string of the molecule is OC(CCc1cccs1)c1cc(Br)c2c(c1)OCO2. The highest BCUT2D eigenvalue weighted by Gasteiger charge is 2.20. The van der Waals surface area contributed by atoms with Crippen LogP contribution >= 0.6 is 27.3 Å². The molecule has 1 N–H and O–H groups in total. The summed E-state index contributed by atoms with van der Waals surface area (Å²) in [5.74, 6) is 1.41. The van der Waals surface area contributed by atoms with Crippen LogP contribution in [0.1, 0.15) is 23.0 Å². The molecule has 0 saturated heterocycles. The zero-order valence-corrected chi connectivity index (χ0v) is 12.5. The van der Waals surface area contributed by atoms with Crippen LogP contribution in [0.2, 0.25) is 0 Å². The van der Waals surface area contributed by atoms with Gasteiger partial charge in [0.2, 0.25) is 6.79 Å². The van der Waals surface area contributed by atoms with E-state index in [1.165, 1.54) is 4.88 Å². The number of hydrogen-bond acceptors (Lipinski definition) is 4. The van der Waals surface area contributed by atoms with Crippen molar-refractivity contribution in [3.8, 4) is 11.5 Å². The van der Waals surface area contributed by atoms with E-state index in [0.717, 1.165) is 16.5 Å². The van der Waals surface area contributed by atoms with Crippen molar-refractivity contribution in [1.82, 2.24) is 0 Å². The average Bonchev–Trinajstić information content (AvgIpc) is 3.06. The Balaban J connectivity index is 1.73. The van der Waals surface area contributed by atoms with Crippen molar-refractivity contribution in [3.05, 3.63) is 44.6 Å². The Bertz CT molecular complexity index is 568. The van der Waals surface area contributed by atoms with Gasteiger partial charge in [-0.1, -0.05) is 6.07 Å². The Kier molecular flexibility index (Phi) is 3.77. The number of aliphatic hydroxyl groups excluding tert-OH is 1. The molecule has 0 fully saturated rings. The number of fused-ring (bicyclic) bond motifs is 1. The molecule has 19 heavy (non-hydrogen) atoms. The van der Waals surface area contributed by atoms with Crippen LogP contribution in [0, 0.1) is 0 Å². The molecule has 2 heterocycles. The summed E-state index contributed by atoms with van der Waals surface area (Å²) in [7, 11) is 0. The predicted molar refractivity (Wildman–Crippen MR) is 77.9 cm³/mol. The maximum Gasteiger partial charge on any atom is 0.231 e. The lowest BCUT2D eigenvalue weighted by Gasteiger charge is -2.12. The van der Waals surface area contributed by atoms with E-state index < -0.39 is 6.10 Å². The van der Waals surface area contributed by atoms with Crippen LogP contribution < -0.4 is 9.47 Å². The lowest BCUT2D eigenvalue weighted by molar-refractivity contribution is 0.166. The highest BCUT2D eigenvalue weighted by atomic mass is 79.9. The molecule has 5 heteroatoms. The van der Waals surface area contributed by atoms with E-state index >= 15 is 0 Å². The van der Waals surface area contributed by atoms with Crippen LogP contribution in [-0.4, -0.2) is 11.9 Å². The van der Waals surface area contributed by atoms with Gasteiger partial charge in [0.25, 0.3) is 0 Å². The van der Waals surface area contributed by atoms with Gasteiger partial charge in [-0.2, -0.15) is 0 Å². The van der Waals surface area contributed by atoms with Crippen LogP contribution in [0.15, 0.2) is 34.1 Å². The molecule has 1 aromatic heterocycles. The summed E-state index contributed by atoms with van der Waals surface area (Å²) in [5, 5.41) is 12.3. The maximum atomic E-state index is 10.3. The van der Waals surface area contributed by atoms with Gasteiger partial charge in [-0.05, 0) is 57.9 Å². The summed E-state index contributed by atoms with van der Waals surface area (Å²) in [4.78, 5) is 1.29. The average molecular weight is 341 g/mol. The van der Waals surface area contributed by atoms with Crippen LogP contribution in [0.5, 0.6) is 11.5 Å². The highest BCUT2D eigenvalue weighted by molar-refractivity contribution is 9.10. The van der Waals surface area contributed by atoms with Crippen LogP contribution in [0.4, 0.5) is 0 Å². The minimum atomic E-state index is -0.493. The van der Waals surface area contributed by atoms with Crippen molar-refractivity contribution < 1.29 is 14.6 Å². The third kappa shape index (κ3) is 2.78. The molecule has 100 valence electrons. The molecule has 2 aromatic rings. The Morgan fingerprint density at radius 3 is 3.05 bits per heavy atom. The number of ether oxygens (including phenoxy) is 2. The van der Waals surface area contributed by atoms with Gasteiger partial charge in [0, 0.05) is 4.88 Å². The molecule has 3 nitrogen and oxygen atoms in total. The minimum Gasteiger partial charge on any atom is -0.454 e. The molecule has 1 aromatic carbocycles. The quantitative estimate of drug-likeness (QED) is 0.917. The largest absolute Gasteiger partial charge is 0.454 e. The summed E-state index contributed by atoms with van der Waals surface area (Å²) in [6.07, 6.45) is 1.09. The fourth-order valence-corrected chi connectivity index (χ4v) is 3.38. The Labute approximate surface area is 123 Å². The molecule has 0 radical (unpaired) electrons. The van der Waals surface area contributed by atoms with Crippen molar-refractivity contribution in [3.63, 3.8) is 0 Å². The van der Waals surface area contributed by atoms with E-state index in [9.17, 15) is 5.11 Å².